The summed E-state index contributed by atoms with van der Waals surface area (Å²) in [7, 11) is 1.91. The summed E-state index contributed by atoms with van der Waals surface area (Å²) in [6, 6.07) is 17.3. The molecule has 1 aromatic heterocycles. The molecule has 3 rings (SSSR count). The van der Waals surface area contributed by atoms with E-state index in [0.717, 1.165) is 17.7 Å². The molecule has 106 valence electrons. The maximum absolute atomic E-state index is 12.3. The highest BCUT2D eigenvalue weighted by atomic mass is 16.4. The molecule has 0 saturated carbocycles. The summed E-state index contributed by atoms with van der Waals surface area (Å²) in [6.45, 7) is 2.80. The second-order valence-corrected chi connectivity index (χ2v) is 5.04. The van der Waals surface area contributed by atoms with Gasteiger partial charge in [-0.1, -0.05) is 36.4 Å². The Kier molecular flexibility index (Phi) is 3.48. The van der Waals surface area contributed by atoms with E-state index >= 15 is 0 Å². The van der Waals surface area contributed by atoms with E-state index in [2.05, 4.69) is 0 Å². The van der Waals surface area contributed by atoms with Crippen molar-refractivity contribution in [1.82, 2.24) is 0 Å². The van der Waals surface area contributed by atoms with Crippen LogP contribution in [0.1, 0.15) is 6.92 Å². The van der Waals surface area contributed by atoms with E-state index in [1.807, 2.05) is 67.4 Å². The average molecular weight is 279 g/mol. The minimum atomic E-state index is -0.00988. The van der Waals surface area contributed by atoms with Crippen LogP contribution in [0.3, 0.4) is 0 Å². The molecule has 0 aliphatic carbocycles. The fraction of sp³-hybridized carbons (Fsp3) is 0.167. The monoisotopic (exact) mass is 279 g/mol. The molecule has 3 nitrogen and oxygen atoms in total. The summed E-state index contributed by atoms with van der Waals surface area (Å²) < 4.78 is 5.81. The van der Waals surface area contributed by atoms with Gasteiger partial charge in [0.1, 0.15) is 5.58 Å². The first-order chi connectivity index (χ1) is 10.2. The van der Waals surface area contributed by atoms with E-state index in [4.69, 9.17) is 4.42 Å². The largest absolute Gasteiger partial charge is 0.440 e. The summed E-state index contributed by atoms with van der Waals surface area (Å²) in [4.78, 5) is 14.2. The molecule has 0 N–H and O–H groups in total. The van der Waals surface area contributed by atoms with E-state index in [0.29, 0.717) is 16.9 Å². The fourth-order valence-corrected chi connectivity index (χ4v) is 2.30. The van der Waals surface area contributed by atoms with Gasteiger partial charge in [0.15, 0.2) is 11.3 Å². The van der Waals surface area contributed by atoms with Crippen molar-refractivity contribution in [3.05, 3.63) is 64.8 Å². The van der Waals surface area contributed by atoms with Gasteiger partial charge in [-0.15, -0.1) is 0 Å². The smallest absolute Gasteiger partial charge is 0.199 e. The zero-order valence-electron chi connectivity index (χ0n) is 12.2. The Balaban J connectivity index is 2.15. The summed E-state index contributed by atoms with van der Waals surface area (Å²) >= 11 is 0. The lowest BCUT2D eigenvalue weighted by atomic mass is 10.0. The van der Waals surface area contributed by atoms with Gasteiger partial charge in [-0.05, 0) is 30.2 Å². The van der Waals surface area contributed by atoms with E-state index < -0.39 is 0 Å². The molecule has 0 amide bonds. The predicted octanol–water partition coefficient (Wildman–Crippen LogP) is 3.92. The van der Waals surface area contributed by atoms with Crippen molar-refractivity contribution in [3.8, 4) is 11.1 Å². The van der Waals surface area contributed by atoms with Crippen LogP contribution < -0.4 is 10.3 Å². The molecule has 2 aromatic carbocycles. The number of hydrogen-bond donors (Lipinski definition) is 0. The molecular formula is C18H17NO2. The molecule has 1 heterocycles. The summed E-state index contributed by atoms with van der Waals surface area (Å²) in [5.74, 6) is 0.600. The maximum Gasteiger partial charge on any atom is 0.199 e. The van der Waals surface area contributed by atoms with Gasteiger partial charge in [-0.2, -0.15) is 0 Å². The topological polar surface area (TPSA) is 33.5 Å². The Hall–Kier alpha value is -2.55. The third-order valence-electron chi connectivity index (χ3n) is 3.67. The van der Waals surface area contributed by atoms with Gasteiger partial charge in [-0.25, -0.2) is 0 Å². The van der Waals surface area contributed by atoms with Crippen LogP contribution in [0.15, 0.2) is 63.8 Å². The summed E-state index contributed by atoms with van der Waals surface area (Å²) in [5, 5.41) is 0.615. The van der Waals surface area contributed by atoms with Gasteiger partial charge < -0.3 is 9.32 Å². The first kappa shape index (κ1) is 13.4. The predicted molar refractivity (Wildman–Crippen MR) is 86.9 cm³/mol. The molecule has 0 spiro atoms. The Labute approximate surface area is 123 Å². The zero-order valence-corrected chi connectivity index (χ0v) is 12.2. The molecule has 0 fully saturated rings. The standard InChI is InChI=1S/C18H17NO2/c1-3-19(2)18-12-16(20)15-11-14(9-10-17(15)21-18)13-7-5-4-6-8-13/h4-12H,3H2,1-2H3. The minimum absolute atomic E-state index is 0.00988. The first-order valence-corrected chi connectivity index (χ1v) is 7.03. The number of rotatable bonds is 3. The number of fused-ring (bicyclic) bond motifs is 1. The molecule has 0 atom stereocenters. The Morgan fingerprint density at radius 3 is 2.48 bits per heavy atom. The van der Waals surface area contributed by atoms with Crippen molar-refractivity contribution in [2.24, 2.45) is 0 Å². The van der Waals surface area contributed by atoms with Crippen molar-refractivity contribution in [1.29, 1.82) is 0 Å². The van der Waals surface area contributed by atoms with Crippen molar-refractivity contribution in [2.75, 3.05) is 18.5 Å². The van der Waals surface area contributed by atoms with Crippen LogP contribution in [-0.2, 0) is 0 Å². The normalized spacial score (nSPS) is 10.8. The Morgan fingerprint density at radius 2 is 1.76 bits per heavy atom. The van der Waals surface area contributed by atoms with Crippen molar-refractivity contribution in [2.45, 2.75) is 6.92 Å². The lowest BCUT2D eigenvalue weighted by Crippen LogP contribution is -2.17. The van der Waals surface area contributed by atoms with E-state index in [-0.39, 0.29) is 5.43 Å². The maximum atomic E-state index is 12.3. The van der Waals surface area contributed by atoms with Crippen LogP contribution in [-0.4, -0.2) is 13.6 Å². The van der Waals surface area contributed by atoms with Gasteiger partial charge in [0.2, 0.25) is 0 Å². The number of hydrogen-bond acceptors (Lipinski definition) is 3. The van der Waals surface area contributed by atoms with Crippen LogP contribution in [0, 0.1) is 0 Å². The van der Waals surface area contributed by atoms with Crippen molar-refractivity contribution in [3.63, 3.8) is 0 Å². The summed E-state index contributed by atoms with van der Waals surface area (Å²) in [5.41, 5.74) is 2.72. The Morgan fingerprint density at radius 1 is 1.00 bits per heavy atom. The Bertz CT molecular complexity index is 821. The summed E-state index contributed by atoms with van der Waals surface area (Å²) in [6.07, 6.45) is 0. The molecule has 21 heavy (non-hydrogen) atoms. The van der Waals surface area contributed by atoms with E-state index in [9.17, 15) is 4.79 Å². The number of benzene rings is 2. The third-order valence-corrected chi connectivity index (χ3v) is 3.67. The molecular weight excluding hydrogens is 262 g/mol. The zero-order chi connectivity index (χ0) is 14.8. The first-order valence-electron chi connectivity index (χ1n) is 7.03. The lowest BCUT2D eigenvalue weighted by Gasteiger charge is -2.15. The molecule has 0 bridgehead atoms. The highest BCUT2D eigenvalue weighted by Crippen LogP contribution is 2.24. The molecule has 0 saturated heterocycles. The SMILES string of the molecule is CCN(C)c1cc(=O)c2cc(-c3ccccc3)ccc2o1. The average Bonchev–Trinajstić information content (AvgIpc) is 2.54. The van der Waals surface area contributed by atoms with Crippen LogP contribution in [0.25, 0.3) is 22.1 Å². The molecule has 3 heteroatoms. The molecule has 0 aliphatic rings. The quantitative estimate of drug-likeness (QED) is 0.728. The van der Waals surface area contributed by atoms with Gasteiger partial charge in [0, 0.05) is 19.7 Å². The number of nitrogens with zero attached hydrogens (tertiary/aromatic N) is 1. The highest BCUT2D eigenvalue weighted by Gasteiger charge is 2.08. The van der Waals surface area contributed by atoms with Crippen LogP contribution in [0.5, 0.6) is 0 Å². The molecule has 3 aromatic rings. The van der Waals surface area contributed by atoms with Crippen LogP contribution >= 0.6 is 0 Å². The second-order valence-electron chi connectivity index (χ2n) is 5.04. The molecule has 0 unspecified atom stereocenters. The van der Waals surface area contributed by atoms with E-state index in [1.54, 1.807) is 6.07 Å². The van der Waals surface area contributed by atoms with Crippen LogP contribution in [0.4, 0.5) is 5.88 Å². The molecule has 0 radical (unpaired) electrons. The van der Waals surface area contributed by atoms with Gasteiger partial charge in [-0.3, -0.25) is 4.79 Å². The van der Waals surface area contributed by atoms with Gasteiger partial charge >= 0.3 is 0 Å². The van der Waals surface area contributed by atoms with Crippen molar-refractivity contribution >= 4 is 16.9 Å². The second kappa shape index (κ2) is 5.44. The third kappa shape index (κ3) is 2.55. The van der Waals surface area contributed by atoms with E-state index in [1.165, 1.54) is 0 Å². The van der Waals surface area contributed by atoms with Gasteiger partial charge in [0.05, 0.1) is 5.39 Å². The minimum Gasteiger partial charge on any atom is -0.440 e. The molecule has 0 aliphatic heterocycles. The lowest BCUT2D eigenvalue weighted by molar-refractivity contribution is 0.589. The fourth-order valence-electron chi connectivity index (χ4n) is 2.30. The number of anilines is 1. The highest BCUT2D eigenvalue weighted by molar-refractivity contribution is 5.83. The van der Waals surface area contributed by atoms with Crippen molar-refractivity contribution < 1.29 is 4.42 Å². The van der Waals surface area contributed by atoms with Crippen LogP contribution in [0.2, 0.25) is 0 Å². The van der Waals surface area contributed by atoms with Gasteiger partial charge in [0.25, 0.3) is 0 Å².